The number of fused-ring (bicyclic) bond motifs is 3. The maximum Gasteiger partial charge on any atom is 0.254 e. The SMILES string of the molecule is O=C1N[C@H]2C[C@@H]1N(C(=O)c1ccc3c(c1)CCCO3)C2. The summed E-state index contributed by atoms with van der Waals surface area (Å²) in [6.45, 7) is 1.37. The Morgan fingerprint density at radius 3 is 3.10 bits per heavy atom. The van der Waals surface area contributed by atoms with Gasteiger partial charge in [-0.3, -0.25) is 9.59 Å². The lowest BCUT2D eigenvalue weighted by Crippen LogP contribution is -2.50. The van der Waals surface area contributed by atoms with E-state index < -0.39 is 0 Å². The van der Waals surface area contributed by atoms with Gasteiger partial charge in [0, 0.05) is 18.2 Å². The quantitative estimate of drug-likeness (QED) is 0.819. The maximum absolute atomic E-state index is 12.6. The first-order valence-electron chi connectivity index (χ1n) is 7.09. The van der Waals surface area contributed by atoms with Crippen LogP contribution in [0.15, 0.2) is 18.2 Å². The molecule has 20 heavy (non-hydrogen) atoms. The second kappa shape index (κ2) is 4.23. The summed E-state index contributed by atoms with van der Waals surface area (Å²) >= 11 is 0. The van der Waals surface area contributed by atoms with Gasteiger partial charge in [-0.1, -0.05) is 0 Å². The molecule has 0 saturated carbocycles. The number of carbonyl (C=O) groups is 2. The third-order valence-electron chi connectivity index (χ3n) is 4.37. The number of aryl methyl sites for hydroxylation is 1. The van der Waals surface area contributed by atoms with Crippen molar-refractivity contribution < 1.29 is 14.3 Å². The van der Waals surface area contributed by atoms with Crippen LogP contribution >= 0.6 is 0 Å². The predicted octanol–water partition coefficient (Wildman–Crippen LogP) is 0.724. The van der Waals surface area contributed by atoms with Crippen molar-refractivity contribution in [1.82, 2.24) is 10.2 Å². The summed E-state index contributed by atoms with van der Waals surface area (Å²) in [7, 11) is 0. The minimum absolute atomic E-state index is 0.0177. The molecular formula is C15H16N2O3. The van der Waals surface area contributed by atoms with Crippen molar-refractivity contribution in [2.75, 3.05) is 13.2 Å². The van der Waals surface area contributed by atoms with Crippen LogP contribution in [0.2, 0.25) is 0 Å². The number of ether oxygens (including phenoxy) is 1. The highest BCUT2D eigenvalue weighted by molar-refractivity contribution is 5.99. The first-order chi connectivity index (χ1) is 9.72. The van der Waals surface area contributed by atoms with Gasteiger partial charge in [0.15, 0.2) is 0 Å². The van der Waals surface area contributed by atoms with E-state index in [4.69, 9.17) is 4.74 Å². The Labute approximate surface area is 116 Å². The molecule has 3 heterocycles. The second-order valence-electron chi connectivity index (χ2n) is 5.69. The lowest BCUT2D eigenvalue weighted by Gasteiger charge is -2.27. The van der Waals surface area contributed by atoms with Gasteiger partial charge in [-0.05, 0) is 43.0 Å². The minimum Gasteiger partial charge on any atom is -0.493 e. The highest BCUT2D eigenvalue weighted by Gasteiger charge is 2.46. The molecule has 4 rings (SSSR count). The normalized spacial score (nSPS) is 27.0. The molecule has 0 unspecified atom stereocenters. The number of piperazine rings is 1. The zero-order valence-corrected chi connectivity index (χ0v) is 11.1. The van der Waals surface area contributed by atoms with E-state index in [9.17, 15) is 9.59 Å². The molecule has 0 aliphatic carbocycles. The molecule has 1 N–H and O–H groups in total. The van der Waals surface area contributed by atoms with E-state index in [0.717, 1.165) is 37.2 Å². The van der Waals surface area contributed by atoms with Gasteiger partial charge in [0.1, 0.15) is 11.8 Å². The first-order valence-corrected chi connectivity index (χ1v) is 7.09. The molecule has 5 nitrogen and oxygen atoms in total. The number of benzene rings is 1. The van der Waals surface area contributed by atoms with Crippen molar-refractivity contribution in [2.45, 2.75) is 31.3 Å². The van der Waals surface area contributed by atoms with Crippen LogP contribution in [0.4, 0.5) is 0 Å². The van der Waals surface area contributed by atoms with Crippen LogP contribution < -0.4 is 10.1 Å². The fraction of sp³-hybridized carbons (Fsp3) is 0.467. The van der Waals surface area contributed by atoms with E-state index in [-0.39, 0.29) is 23.9 Å². The summed E-state index contributed by atoms with van der Waals surface area (Å²) in [5, 5.41) is 2.89. The predicted molar refractivity (Wildman–Crippen MR) is 71.6 cm³/mol. The van der Waals surface area contributed by atoms with E-state index in [1.807, 2.05) is 12.1 Å². The molecule has 0 aromatic heterocycles. The molecule has 2 saturated heterocycles. The number of amides is 2. The molecule has 0 radical (unpaired) electrons. The van der Waals surface area contributed by atoms with Crippen LogP contribution in [0.1, 0.15) is 28.8 Å². The standard InChI is InChI=1S/C15H16N2O3/c18-14-12-7-11(16-14)8-17(12)15(19)10-3-4-13-9(6-10)2-1-5-20-13/h3-4,6,11-12H,1-2,5,7-8H2,(H,16,18)/t11-,12-/m0/s1. The smallest absolute Gasteiger partial charge is 0.254 e. The van der Waals surface area contributed by atoms with Crippen LogP contribution in [-0.4, -0.2) is 41.9 Å². The summed E-state index contributed by atoms with van der Waals surface area (Å²) in [6, 6.07) is 5.45. The lowest BCUT2D eigenvalue weighted by atomic mass is 10.0. The highest BCUT2D eigenvalue weighted by Crippen LogP contribution is 2.29. The van der Waals surface area contributed by atoms with Crippen molar-refractivity contribution in [3.8, 4) is 5.75 Å². The average Bonchev–Trinajstić information content (AvgIpc) is 3.05. The van der Waals surface area contributed by atoms with Gasteiger partial charge in [0.05, 0.1) is 6.61 Å². The summed E-state index contributed by atoms with van der Waals surface area (Å²) in [5.74, 6) is 0.824. The topological polar surface area (TPSA) is 58.6 Å². The number of hydrogen-bond donors (Lipinski definition) is 1. The molecular weight excluding hydrogens is 256 g/mol. The largest absolute Gasteiger partial charge is 0.493 e. The number of nitrogens with zero attached hydrogens (tertiary/aromatic N) is 1. The minimum atomic E-state index is -0.278. The Kier molecular flexibility index (Phi) is 2.49. The number of carbonyl (C=O) groups excluding carboxylic acids is 2. The zero-order chi connectivity index (χ0) is 13.7. The Hall–Kier alpha value is -2.04. The van der Waals surface area contributed by atoms with Crippen molar-refractivity contribution in [1.29, 1.82) is 0 Å². The number of nitrogens with one attached hydrogen (secondary N) is 1. The van der Waals surface area contributed by atoms with Gasteiger partial charge in [-0.2, -0.15) is 0 Å². The summed E-state index contributed by atoms with van der Waals surface area (Å²) in [5.41, 5.74) is 1.76. The number of likely N-dealkylation sites (tertiary alicyclic amines) is 1. The Morgan fingerprint density at radius 2 is 2.30 bits per heavy atom. The zero-order valence-electron chi connectivity index (χ0n) is 11.1. The van der Waals surface area contributed by atoms with E-state index in [2.05, 4.69) is 5.32 Å². The van der Waals surface area contributed by atoms with Gasteiger partial charge < -0.3 is 15.0 Å². The Bertz CT molecular complexity index is 599. The Balaban J connectivity index is 1.61. The van der Waals surface area contributed by atoms with Crippen LogP contribution in [0.25, 0.3) is 0 Å². The molecule has 1 aromatic carbocycles. The molecule has 2 fully saturated rings. The van der Waals surface area contributed by atoms with Crippen molar-refractivity contribution in [3.63, 3.8) is 0 Å². The van der Waals surface area contributed by atoms with Gasteiger partial charge >= 0.3 is 0 Å². The van der Waals surface area contributed by atoms with Crippen molar-refractivity contribution in [2.24, 2.45) is 0 Å². The third-order valence-corrected chi connectivity index (χ3v) is 4.37. The lowest BCUT2D eigenvalue weighted by molar-refractivity contribution is -0.124. The Morgan fingerprint density at radius 1 is 1.40 bits per heavy atom. The fourth-order valence-corrected chi connectivity index (χ4v) is 3.37. The van der Waals surface area contributed by atoms with Gasteiger partial charge in [-0.25, -0.2) is 0 Å². The molecule has 1 aromatic rings. The van der Waals surface area contributed by atoms with Gasteiger partial charge in [0.2, 0.25) is 5.91 Å². The van der Waals surface area contributed by atoms with Gasteiger partial charge in [-0.15, -0.1) is 0 Å². The van der Waals surface area contributed by atoms with Crippen molar-refractivity contribution >= 4 is 11.8 Å². The fourth-order valence-electron chi connectivity index (χ4n) is 3.37. The van der Waals surface area contributed by atoms with E-state index >= 15 is 0 Å². The maximum atomic E-state index is 12.6. The molecule has 2 atom stereocenters. The first kappa shape index (κ1) is 11.8. The molecule has 3 aliphatic rings. The van der Waals surface area contributed by atoms with Crippen molar-refractivity contribution in [3.05, 3.63) is 29.3 Å². The van der Waals surface area contributed by atoms with Crippen LogP contribution in [-0.2, 0) is 11.2 Å². The monoisotopic (exact) mass is 272 g/mol. The van der Waals surface area contributed by atoms with E-state index in [1.54, 1.807) is 11.0 Å². The summed E-state index contributed by atoms with van der Waals surface area (Å²) in [6.07, 6.45) is 2.68. The molecule has 2 bridgehead atoms. The molecule has 0 spiro atoms. The number of rotatable bonds is 1. The average molecular weight is 272 g/mol. The van der Waals surface area contributed by atoms with E-state index in [1.165, 1.54) is 0 Å². The third kappa shape index (κ3) is 1.69. The van der Waals surface area contributed by atoms with Crippen LogP contribution in [0.5, 0.6) is 5.75 Å². The van der Waals surface area contributed by atoms with Crippen LogP contribution in [0, 0.1) is 0 Å². The van der Waals surface area contributed by atoms with E-state index in [0.29, 0.717) is 12.1 Å². The molecule has 104 valence electrons. The van der Waals surface area contributed by atoms with Crippen LogP contribution in [0.3, 0.4) is 0 Å². The molecule has 5 heteroatoms. The molecule has 2 amide bonds. The second-order valence-corrected chi connectivity index (χ2v) is 5.69. The number of hydrogen-bond acceptors (Lipinski definition) is 3. The summed E-state index contributed by atoms with van der Waals surface area (Å²) < 4.78 is 5.56. The summed E-state index contributed by atoms with van der Waals surface area (Å²) in [4.78, 5) is 26.0. The molecule has 3 aliphatic heterocycles. The highest BCUT2D eigenvalue weighted by atomic mass is 16.5. The van der Waals surface area contributed by atoms with Gasteiger partial charge in [0.25, 0.3) is 5.91 Å².